The van der Waals surface area contributed by atoms with Crippen molar-refractivity contribution >= 4 is 29.6 Å². The van der Waals surface area contributed by atoms with Crippen LogP contribution in [0.15, 0.2) is 5.16 Å². The van der Waals surface area contributed by atoms with Crippen molar-refractivity contribution in [3.05, 3.63) is 0 Å². The van der Waals surface area contributed by atoms with Crippen LogP contribution in [0.25, 0.3) is 0 Å². The second-order valence-electron chi connectivity index (χ2n) is 2.42. The molecule has 0 bridgehead atoms. The van der Waals surface area contributed by atoms with E-state index < -0.39 is 0 Å². The SMILES string of the molecule is CSc1nnc(Nc2nnc(N)nn2)nn1. The van der Waals surface area contributed by atoms with Gasteiger partial charge >= 0.3 is 0 Å². The van der Waals surface area contributed by atoms with Crippen molar-refractivity contribution in [2.75, 3.05) is 17.3 Å². The molecular formula is C5H6N10S. The molecular weight excluding hydrogens is 232 g/mol. The monoisotopic (exact) mass is 238 g/mol. The third-order valence-corrected chi connectivity index (χ3v) is 1.89. The molecule has 0 aliphatic carbocycles. The highest BCUT2D eigenvalue weighted by atomic mass is 32.2. The van der Waals surface area contributed by atoms with E-state index in [2.05, 4.69) is 46.1 Å². The van der Waals surface area contributed by atoms with Crippen LogP contribution >= 0.6 is 11.8 Å². The summed E-state index contributed by atoms with van der Waals surface area (Å²) in [5.41, 5.74) is 5.22. The first kappa shape index (κ1) is 10.4. The van der Waals surface area contributed by atoms with Crippen LogP contribution in [0.2, 0.25) is 0 Å². The lowest BCUT2D eigenvalue weighted by molar-refractivity contribution is 0.751. The van der Waals surface area contributed by atoms with Crippen molar-refractivity contribution in [3.8, 4) is 0 Å². The maximum atomic E-state index is 5.22. The van der Waals surface area contributed by atoms with Gasteiger partial charge in [0.15, 0.2) is 0 Å². The Balaban J connectivity index is 2.11. The van der Waals surface area contributed by atoms with E-state index in [4.69, 9.17) is 5.73 Å². The molecule has 0 radical (unpaired) electrons. The number of thioether (sulfide) groups is 1. The summed E-state index contributed by atoms with van der Waals surface area (Å²) in [6.07, 6.45) is 1.82. The summed E-state index contributed by atoms with van der Waals surface area (Å²) in [5, 5.41) is 32.4. The topological polar surface area (TPSA) is 141 Å². The number of nitrogens with zero attached hydrogens (tertiary/aromatic N) is 8. The molecule has 0 amide bonds. The molecule has 0 fully saturated rings. The van der Waals surface area contributed by atoms with Crippen LogP contribution < -0.4 is 11.1 Å². The second-order valence-corrected chi connectivity index (χ2v) is 3.19. The largest absolute Gasteiger partial charge is 0.365 e. The van der Waals surface area contributed by atoms with E-state index in [1.807, 2.05) is 6.26 Å². The lowest BCUT2D eigenvalue weighted by atomic mass is 10.9. The minimum atomic E-state index is -0.0135. The van der Waals surface area contributed by atoms with E-state index in [0.29, 0.717) is 5.16 Å². The first-order valence-corrected chi connectivity index (χ1v) is 5.21. The Labute approximate surface area is 93.5 Å². The van der Waals surface area contributed by atoms with Gasteiger partial charge in [-0.15, -0.1) is 40.8 Å². The summed E-state index contributed by atoms with van der Waals surface area (Å²) >= 11 is 1.34. The molecule has 2 heterocycles. The van der Waals surface area contributed by atoms with Crippen molar-refractivity contribution in [1.82, 2.24) is 40.8 Å². The fourth-order valence-electron chi connectivity index (χ4n) is 0.739. The number of aromatic nitrogens is 8. The van der Waals surface area contributed by atoms with E-state index in [1.165, 1.54) is 11.8 Å². The van der Waals surface area contributed by atoms with Crippen molar-refractivity contribution in [3.63, 3.8) is 0 Å². The third kappa shape index (κ3) is 2.44. The lowest BCUT2D eigenvalue weighted by Crippen LogP contribution is -2.08. The van der Waals surface area contributed by atoms with Crippen LogP contribution in [0, 0.1) is 0 Å². The smallest absolute Gasteiger partial charge is 0.269 e. The molecule has 0 aromatic carbocycles. The quantitative estimate of drug-likeness (QED) is 0.628. The van der Waals surface area contributed by atoms with Gasteiger partial charge in [-0.25, -0.2) is 0 Å². The van der Waals surface area contributed by atoms with Crippen LogP contribution in [-0.2, 0) is 0 Å². The van der Waals surface area contributed by atoms with Crippen LogP contribution in [0.5, 0.6) is 0 Å². The van der Waals surface area contributed by atoms with E-state index in [9.17, 15) is 0 Å². The van der Waals surface area contributed by atoms with Gasteiger partial charge < -0.3 is 5.73 Å². The standard InChI is InChI=1S/C5H6N10S/c1-16-5-14-12-4(13-15-5)7-3-10-8-2(6)9-11-3/h1H3,(H2,6,8,9)(H,7,10,11,12,13). The minimum absolute atomic E-state index is 0.0135. The number of nitrogen functional groups attached to an aromatic ring is 1. The van der Waals surface area contributed by atoms with Crippen LogP contribution in [0.4, 0.5) is 17.8 Å². The zero-order valence-corrected chi connectivity index (χ0v) is 8.88. The summed E-state index contributed by atoms with van der Waals surface area (Å²) in [6, 6.07) is 0. The maximum absolute atomic E-state index is 5.22. The summed E-state index contributed by atoms with van der Waals surface area (Å²) in [5.74, 6) is 0.265. The molecule has 2 aromatic rings. The maximum Gasteiger partial charge on any atom is 0.269 e. The molecule has 3 N–H and O–H groups in total. The van der Waals surface area contributed by atoms with E-state index >= 15 is 0 Å². The highest BCUT2D eigenvalue weighted by molar-refractivity contribution is 7.98. The van der Waals surface area contributed by atoms with Gasteiger partial charge in [-0.1, -0.05) is 11.8 Å². The Morgan fingerprint density at radius 3 is 1.88 bits per heavy atom. The van der Waals surface area contributed by atoms with Gasteiger partial charge in [-0.2, -0.15) is 0 Å². The Kier molecular flexibility index (Phi) is 2.95. The molecule has 0 saturated heterocycles. The van der Waals surface area contributed by atoms with Crippen molar-refractivity contribution in [2.24, 2.45) is 0 Å². The molecule has 0 atom stereocenters. The Morgan fingerprint density at radius 1 is 0.875 bits per heavy atom. The van der Waals surface area contributed by atoms with Gasteiger partial charge in [-0.05, 0) is 6.26 Å². The number of hydrogen-bond donors (Lipinski definition) is 2. The zero-order chi connectivity index (χ0) is 11.4. The van der Waals surface area contributed by atoms with Crippen LogP contribution in [-0.4, -0.2) is 47.0 Å². The summed E-state index contributed by atoms with van der Waals surface area (Å²) in [6.45, 7) is 0. The minimum Gasteiger partial charge on any atom is -0.365 e. The summed E-state index contributed by atoms with van der Waals surface area (Å²) in [4.78, 5) is 0. The Hall–Kier alpha value is -2.17. The molecule has 0 aliphatic rings. The van der Waals surface area contributed by atoms with Crippen molar-refractivity contribution < 1.29 is 0 Å². The first-order valence-electron chi connectivity index (χ1n) is 3.99. The fraction of sp³-hybridized carbons (Fsp3) is 0.200. The number of rotatable bonds is 3. The highest BCUT2D eigenvalue weighted by Crippen LogP contribution is 2.06. The number of nitrogens with two attached hydrogens (primary N) is 1. The van der Waals surface area contributed by atoms with Crippen LogP contribution in [0.3, 0.4) is 0 Å². The predicted molar refractivity (Wildman–Crippen MR) is 54.7 cm³/mol. The summed E-state index contributed by atoms with van der Waals surface area (Å²) in [7, 11) is 0. The molecule has 10 nitrogen and oxygen atoms in total. The summed E-state index contributed by atoms with van der Waals surface area (Å²) < 4.78 is 0. The average Bonchev–Trinajstić information content (AvgIpc) is 2.33. The molecule has 11 heteroatoms. The first-order chi connectivity index (χ1) is 7.78. The predicted octanol–water partition coefficient (Wildman–Crippen LogP) is -1.11. The highest BCUT2D eigenvalue weighted by Gasteiger charge is 2.03. The van der Waals surface area contributed by atoms with Gasteiger partial charge in [0.1, 0.15) is 0 Å². The molecule has 0 saturated carbocycles. The fourth-order valence-corrected chi connectivity index (χ4v) is 0.984. The number of hydrogen-bond acceptors (Lipinski definition) is 11. The normalized spacial score (nSPS) is 10.1. The van der Waals surface area contributed by atoms with Gasteiger partial charge in [0.05, 0.1) is 0 Å². The van der Waals surface area contributed by atoms with Gasteiger partial charge in [-0.3, -0.25) is 5.32 Å². The van der Waals surface area contributed by atoms with Gasteiger partial charge in [0.2, 0.25) is 5.16 Å². The van der Waals surface area contributed by atoms with Crippen LogP contribution in [0.1, 0.15) is 0 Å². The second kappa shape index (κ2) is 4.57. The molecule has 16 heavy (non-hydrogen) atoms. The number of nitrogens with one attached hydrogen (secondary N) is 1. The molecule has 0 unspecified atom stereocenters. The van der Waals surface area contributed by atoms with Gasteiger partial charge in [0, 0.05) is 0 Å². The molecule has 0 spiro atoms. The third-order valence-electron chi connectivity index (χ3n) is 1.36. The van der Waals surface area contributed by atoms with Gasteiger partial charge in [0.25, 0.3) is 17.8 Å². The number of anilines is 3. The van der Waals surface area contributed by atoms with E-state index in [0.717, 1.165) is 0 Å². The van der Waals surface area contributed by atoms with E-state index in [1.54, 1.807) is 0 Å². The molecule has 2 rings (SSSR count). The Bertz CT molecular complexity index is 454. The Morgan fingerprint density at radius 2 is 1.38 bits per heavy atom. The molecule has 2 aromatic heterocycles. The average molecular weight is 238 g/mol. The van der Waals surface area contributed by atoms with Crippen molar-refractivity contribution in [2.45, 2.75) is 5.16 Å². The lowest BCUT2D eigenvalue weighted by Gasteiger charge is -1.99. The molecule has 0 aliphatic heterocycles. The zero-order valence-electron chi connectivity index (χ0n) is 8.06. The molecule has 82 valence electrons. The van der Waals surface area contributed by atoms with Crippen molar-refractivity contribution in [1.29, 1.82) is 0 Å². The van der Waals surface area contributed by atoms with E-state index in [-0.39, 0.29) is 17.8 Å².